The zero-order chi connectivity index (χ0) is 20.7. The number of hydrazine groups is 1. The van der Waals surface area contributed by atoms with Gasteiger partial charge in [0.2, 0.25) is 0 Å². The van der Waals surface area contributed by atoms with E-state index in [1.165, 1.54) is 4.90 Å². The summed E-state index contributed by atoms with van der Waals surface area (Å²) in [5.41, 5.74) is 2.14. The van der Waals surface area contributed by atoms with E-state index in [2.05, 4.69) is 5.32 Å². The number of hydrogen-bond donors (Lipinski definition) is 3. The van der Waals surface area contributed by atoms with E-state index in [-0.39, 0.29) is 12.6 Å². The molecule has 10 nitrogen and oxygen atoms in total. The van der Waals surface area contributed by atoms with E-state index in [4.69, 9.17) is 14.9 Å². The highest BCUT2D eigenvalue weighted by Gasteiger charge is 2.38. The predicted octanol–water partition coefficient (Wildman–Crippen LogP) is 2.23. The summed E-state index contributed by atoms with van der Waals surface area (Å²) in [5, 5.41) is 20.7. The standard InChI is InChI=1S/C18H27N5O5/c1-18(2,3)28-15-14(10-7-11-22(15)16(19)21-23(25)26)20-17(24)27-12-13-8-5-4-6-9-13/h4-6,8-9,14-15H,7,10-12H2,1-3H3,(H2,19,21)(H,20,24)/t14-,15+/m0/s1. The van der Waals surface area contributed by atoms with Crippen LogP contribution in [0.4, 0.5) is 4.79 Å². The highest BCUT2D eigenvalue weighted by atomic mass is 16.7. The number of piperidine rings is 1. The van der Waals surface area contributed by atoms with Gasteiger partial charge in [-0.2, -0.15) is 0 Å². The highest BCUT2D eigenvalue weighted by molar-refractivity contribution is 5.76. The lowest BCUT2D eigenvalue weighted by molar-refractivity contribution is -0.527. The van der Waals surface area contributed by atoms with Crippen molar-refractivity contribution >= 4 is 12.1 Å². The number of benzene rings is 1. The minimum absolute atomic E-state index is 0.132. The Balaban J connectivity index is 2.05. The van der Waals surface area contributed by atoms with Gasteiger partial charge in [-0.1, -0.05) is 35.8 Å². The summed E-state index contributed by atoms with van der Waals surface area (Å²) in [4.78, 5) is 24.4. The zero-order valence-corrected chi connectivity index (χ0v) is 16.3. The van der Waals surface area contributed by atoms with Gasteiger partial charge in [-0.25, -0.2) is 14.9 Å². The predicted molar refractivity (Wildman–Crippen MR) is 102 cm³/mol. The van der Waals surface area contributed by atoms with Gasteiger partial charge in [-0.3, -0.25) is 5.41 Å². The number of carbonyl (C=O) groups excluding carboxylic acids is 1. The average molecular weight is 393 g/mol. The van der Waals surface area contributed by atoms with Gasteiger partial charge in [0.15, 0.2) is 11.3 Å². The third-order valence-electron chi connectivity index (χ3n) is 4.04. The Bertz CT molecular complexity index is 691. The van der Waals surface area contributed by atoms with E-state index < -0.39 is 29.0 Å². The number of nitrogens with one attached hydrogen (secondary N) is 3. The molecule has 0 bridgehead atoms. The average Bonchev–Trinajstić information content (AvgIpc) is 2.60. The number of nitrogens with zero attached hydrogens (tertiary/aromatic N) is 2. The molecule has 1 aromatic carbocycles. The fourth-order valence-corrected chi connectivity index (χ4v) is 2.93. The lowest BCUT2D eigenvalue weighted by Gasteiger charge is -2.43. The summed E-state index contributed by atoms with van der Waals surface area (Å²) in [5.74, 6) is -0.386. The van der Waals surface area contributed by atoms with Gasteiger partial charge in [-0.05, 0) is 39.2 Å². The number of alkyl carbamates (subject to hydrolysis) is 1. The van der Waals surface area contributed by atoms with Crippen molar-refractivity contribution < 1.29 is 19.3 Å². The molecule has 0 aliphatic carbocycles. The van der Waals surface area contributed by atoms with Crippen LogP contribution in [0, 0.1) is 15.5 Å². The van der Waals surface area contributed by atoms with Crippen molar-refractivity contribution in [3.05, 3.63) is 46.0 Å². The van der Waals surface area contributed by atoms with Crippen molar-refractivity contribution in [3.63, 3.8) is 0 Å². The van der Waals surface area contributed by atoms with Gasteiger partial charge in [-0.15, -0.1) is 0 Å². The summed E-state index contributed by atoms with van der Waals surface area (Å²) in [7, 11) is 0. The summed E-state index contributed by atoms with van der Waals surface area (Å²) in [6.45, 7) is 6.06. The molecule has 0 radical (unpaired) electrons. The number of ether oxygens (including phenoxy) is 2. The Morgan fingerprint density at radius 1 is 1.36 bits per heavy atom. The molecule has 2 atom stereocenters. The second-order valence-electron chi connectivity index (χ2n) is 7.49. The third kappa shape index (κ3) is 6.69. The van der Waals surface area contributed by atoms with Crippen LogP contribution in [0.3, 0.4) is 0 Å². The van der Waals surface area contributed by atoms with Gasteiger partial charge >= 0.3 is 6.09 Å². The van der Waals surface area contributed by atoms with Crippen LogP contribution >= 0.6 is 0 Å². The molecule has 1 heterocycles. The first-order chi connectivity index (χ1) is 13.2. The van der Waals surface area contributed by atoms with E-state index in [1.807, 2.05) is 56.5 Å². The Labute approximate surface area is 163 Å². The summed E-state index contributed by atoms with van der Waals surface area (Å²) < 4.78 is 11.3. The third-order valence-corrected chi connectivity index (χ3v) is 4.04. The second-order valence-corrected chi connectivity index (χ2v) is 7.49. The molecule has 0 spiro atoms. The molecule has 2 rings (SSSR count). The van der Waals surface area contributed by atoms with Crippen molar-refractivity contribution in [3.8, 4) is 0 Å². The molecule has 1 amide bonds. The first-order valence-corrected chi connectivity index (χ1v) is 9.07. The fourth-order valence-electron chi connectivity index (χ4n) is 2.93. The SMILES string of the molecule is CC(C)(C)O[C@@H]1[C@@H](NC(=O)OCc2ccccc2)CCCN1C(=N)N[N+](=O)[O-]. The molecule has 3 N–H and O–H groups in total. The molecule has 1 aliphatic heterocycles. The van der Waals surface area contributed by atoms with Crippen LogP contribution < -0.4 is 10.7 Å². The smallest absolute Gasteiger partial charge is 0.407 e. The van der Waals surface area contributed by atoms with Gasteiger partial charge < -0.3 is 19.7 Å². The number of hydrogen-bond acceptors (Lipinski definition) is 6. The molecular formula is C18H27N5O5. The first kappa shape index (κ1) is 21.4. The van der Waals surface area contributed by atoms with Gasteiger partial charge in [0.1, 0.15) is 6.61 Å². The lowest BCUT2D eigenvalue weighted by Crippen LogP contribution is -2.62. The maximum absolute atomic E-state index is 12.3. The van der Waals surface area contributed by atoms with Crippen molar-refractivity contribution in [1.29, 1.82) is 5.41 Å². The Kier molecular flexibility index (Phi) is 7.16. The molecule has 10 heteroatoms. The van der Waals surface area contributed by atoms with Gasteiger partial charge in [0.05, 0.1) is 11.6 Å². The Hall–Kier alpha value is -2.88. The van der Waals surface area contributed by atoms with E-state index >= 15 is 0 Å². The number of likely N-dealkylation sites (tertiary alicyclic amines) is 1. The molecular weight excluding hydrogens is 366 g/mol. The van der Waals surface area contributed by atoms with Crippen LogP contribution in [-0.2, 0) is 16.1 Å². The van der Waals surface area contributed by atoms with E-state index in [1.54, 1.807) is 0 Å². The van der Waals surface area contributed by atoms with Crippen LogP contribution in [0.2, 0.25) is 0 Å². The van der Waals surface area contributed by atoms with Crippen LogP contribution in [0.5, 0.6) is 0 Å². The summed E-state index contributed by atoms with van der Waals surface area (Å²) in [6, 6.07) is 8.82. The second kappa shape index (κ2) is 9.36. The van der Waals surface area contributed by atoms with E-state index in [9.17, 15) is 14.9 Å². The lowest BCUT2D eigenvalue weighted by atomic mass is 10.0. The topological polar surface area (TPSA) is 130 Å². The molecule has 1 fully saturated rings. The largest absolute Gasteiger partial charge is 0.445 e. The van der Waals surface area contributed by atoms with E-state index in [0.29, 0.717) is 19.4 Å². The minimum atomic E-state index is -0.790. The monoisotopic (exact) mass is 393 g/mol. The van der Waals surface area contributed by atoms with Crippen LogP contribution in [0.25, 0.3) is 0 Å². The quantitative estimate of drug-likeness (QED) is 0.303. The molecule has 0 unspecified atom stereocenters. The summed E-state index contributed by atoms with van der Waals surface area (Å²) in [6.07, 6.45) is -0.108. The normalized spacial score (nSPS) is 19.6. The van der Waals surface area contributed by atoms with Crippen molar-refractivity contribution in [2.75, 3.05) is 6.54 Å². The summed E-state index contributed by atoms with van der Waals surface area (Å²) >= 11 is 0. The minimum Gasteiger partial charge on any atom is -0.445 e. The van der Waals surface area contributed by atoms with Crippen molar-refractivity contribution in [2.24, 2.45) is 0 Å². The van der Waals surface area contributed by atoms with Crippen LogP contribution in [-0.4, -0.2) is 46.4 Å². The van der Waals surface area contributed by atoms with Crippen LogP contribution in [0.1, 0.15) is 39.2 Å². The Morgan fingerprint density at radius 3 is 2.64 bits per heavy atom. The molecule has 1 aliphatic rings. The Morgan fingerprint density at radius 2 is 2.04 bits per heavy atom. The molecule has 154 valence electrons. The maximum atomic E-state index is 12.3. The van der Waals surface area contributed by atoms with E-state index in [0.717, 1.165) is 5.56 Å². The molecule has 0 aromatic heterocycles. The molecule has 1 aromatic rings. The highest BCUT2D eigenvalue weighted by Crippen LogP contribution is 2.24. The number of guanidine groups is 1. The van der Waals surface area contributed by atoms with Gasteiger partial charge in [0, 0.05) is 6.54 Å². The van der Waals surface area contributed by atoms with Crippen molar-refractivity contribution in [2.45, 2.75) is 58.1 Å². The van der Waals surface area contributed by atoms with Gasteiger partial charge in [0.25, 0.3) is 5.96 Å². The van der Waals surface area contributed by atoms with Crippen LogP contribution in [0.15, 0.2) is 30.3 Å². The molecule has 28 heavy (non-hydrogen) atoms. The maximum Gasteiger partial charge on any atom is 0.407 e. The van der Waals surface area contributed by atoms with Crippen molar-refractivity contribution in [1.82, 2.24) is 15.6 Å². The number of carbonyl (C=O) groups is 1. The zero-order valence-electron chi connectivity index (χ0n) is 16.3. The fraction of sp³-hybridized carbons (Fsp3) is 0.556. The number of nitro groups is 1. The number of rotatable bonds is 5. The number of amides is 1. The molecule has 0 saturated carbocycles. The molecule has 1 saturated heterocycles. The first-order valence-electron chi connectivity index (χ1n) is 9.07.